The topological polar surface area (TPSA) is 615 Å². The predicted octanol–water partition coefficient (Wildman–Crippen LogP) is -8.99. The van der Waals surface area contributed by atoms with E-state index in [0.717, 1.165) is 14.7 Å². The molecular formula is C63H94N18O22. The number of nitrogens with two attached hydrogens (primary N) is 3. The molecule has 0 unspecified atom stereocenters. The van der Waals surface area contributed by atoms with E-state index in [0.29, 0.717) is 18.4 Å². The van der Waals surface area contributed by atoms with Crippen LogP contribution in [0.4, 0.5) is 0 Å². The smallest absolute Gasteiger partial charge is 0.325 e. The Morgan fingerprint density at radius 2 is 1.01 bits per heavy atom. The Kier molecular flexibility index (Phi) is 32.3. The van der Waals surface area contributed by atoms with E-state index >= 15 is 0 Å². The number of hydrogen-bond donors (Lipinski definition) is 18. The molecule has 1 aromatic rings. The van der Waals surface area contributed by atoms with Gasteiger partial charge in [-0.2, -0.15) is 0 Å². The fourth-order valence-electron chi connectivity index (χ4n) is 12.1. The van der Waals surface area contributed by atoms with Crippen LogP contribution in [0.15, 0.2) is 35.3 Å². The predicted molar refractivity (Wildman–Crippen MR) is 356 cm³/mol. The molecule has 4 fully saturated rings. The Hall–Kier alpha value is -10.6. The van der Waals surface area contributed by atoms with E-state index in [9.17, 15) is 107 Å². The lowest BCUT2D eigenvalue weighted by Gasteiger charge is -2.31. The fourth-order valence-corrected chi connectivity index (χ4v) is 12.1. The van der Waals surface area contributed by atoms with Gasteiger partial charge in [-0.05, 0) is 69.8 Å². The molecule has 568 valence electrons. The van der Waals surface area contributed by atoms with Gasteiger partial charge in [-0.1, -0.05) is 44.2 Å². The van der Waals surface area contributed by atoms with Crippen molar-refractivity contribution in [3.8, 4) is 0 Å². The number of amides is 14. The van der Waals surface area contributed by atoms with Gasteiger partial charge in [0.2, 0.25) is 82.7 Å². The first kappa shape index (κ1) is 83.0. The fraction of sp³-hybridized carbons (Fsp3) is 0.619. The largest absolute Gasteiger partial charge is 0.481 e. The molecule has 103 heavy (non-hydrogen) atoms. The summed E-state index contributed by atoms with van der Waals surface area (Å²) in [6.45, 7) is 0.112. The number of aliphatic carboxylic acids is 3. The molecule has 4 heterocycles. The summed E-state index contributed by atoms with van der Waals surface area (Å²) in [6.07, 6.45) is -4.52. The van der Waals surface area contributed by atoms with Crippen LogP contribution in [0.5, 0.6) is 0 Å². The monoisotopic (exact) mass is 1450 g/mol. The minimum Gasteiger partial charge on any atom is -0.481 e. The molecule has 0 saturated carbocycles. The second-order valence-electron chi connectivity index (χ2n) is 25.6. The van der Waals surface area contributed by atoms with Crippen LogP contribution in [-0.2, 0) is 87.9 Å². The van der Waals surface area contributed by atoms with Crippen molar-refractivity contribution in [1.82, 2.24) is 72.8 Å². The summed E-state index contributed by atoms with van der Waals surface area (Å²) in [7, 11) is 0. The van der Waals surface area contributed by atoms with Crippen molar-refractivity contribution in [2.45, 2.75) is 177 Å². The highest BCUT2D eigenvalue weighted by molar-refractivity contribution is 6.00. The van der Waals surface area contributed by atoms with Crippen LogP contribution in [0.1, 0.15) is 103 Å². The number of aliphatic hydroxyl groups excluding tert-OH is 2. The second kappa shape index (κ2) is 40.1. The zero-order valence-electron chi connectivity index (χ0n) is 57.3. The van der Waals surface area contributed by atoms with Crippen LogP contribution in [0.2, 0.25) is 0 Å². The lowest BCUT2D eigenvalue weighted by atomic mass is 10.0. The van der Waals surface area contributed by atoms with Gasteiger partial charge in [-0.15, -0.1) is 0 Å². The molecule has 0 bridgehead atoms. The van der Waals surface area contributed by atoms with Crippen LogP contribution in [0.25, 0.3) is 0 Å². The highest BCUT2D eigenvalue weighted by Crippen LogP contribution is 2.27. The lowest BCUT2D eigenvalue weighted by molar-refractivity contribution is -0.147. The van der Waals surface area contributed by atoms with E-state index < -0.39 is 238 Å². The number of aliphatic hydroxyl groups is 2. The van der Waals surface area contributed by atoms with Crippen LogP contribution >= 0.6 is 0 Å². The molecule has 21 N–H and O–H groups in total. The maximum absolute atomic E-state index is 14.1. The van der Waals surface area contributed by atoms with Gasteiger partial charge in [-0.25, -0.2) is 0 Å². The summed E-state index contributed by atoms with van der Waals surface area (Å²) in [5.41, 5.74) is 17.1. The molecule has 40 nitrogen and oxygen atoms in total. The number of rotatable bonds is 38. The summed E-state index contributed by atoms with van der Waals surface area (Å²) in [6, 6.07) is -5.05. The van der Waals surface area contributed by atoms with E-state index in [1.54, 1.807) is 30.3 Å². The molecule has 4 aliphatic rings. The maximum Gasteiger partial charge on any atom is 0.325 e. The van der Waals surface area contributed by atoms with Crippen LogP contribution in [0.3, 0.4) is 0 Å². The molecule has 0 aromatic heterocycles. The molecule has 0 radical (unpaired) electrons. The molecule has 14 amide bonds. The van der Waals surface area contributed by atoms with Crippen molar-refractivity contribution in [3.05, 3.63) is 35.9 Å². The Bertz CT molecular complexity index is 3320. The number of guanidine groups is 1. The molecule has 0 spiro atoms. The maximum atomic E-state index is 14.1. The third kappa shape index (κ3) is 25.7. The van der Waals surface area contributed by atoms with Gasteiger partial charge in [0.05, 0.1) is 44.9 Å². The van der Waals surface area contributed by atoms with Crippen molar-refractivity contribution >= 4 is 107 Å². The molecule has 12 atom stereocenters. The first-order valence-electron chi connectivity index (χ1n) is 33.6. The van der Waals surface area contributed by atoms with E-state index in [1.165, 1.54) is 25.7 Å². The average Bonchev–Trinajstić information content (AvgIpc) is 1.67. The Morgan fingerprint density at radius 3 is 1.57 bits per heavy atom. The minimum atomic E-state index is -1.68. The summed E-state index contributed by atoms with van der Waals surface area (Å²) in [4.78, 5) is 233. The first-order chi connectivity index (χ1) is 48.7. The number of carboxylic acid groups (broad SMARTS) is 3. The van der Waals surface area contributed by atoms with Crippen LogP contribution < -0.4 is 70.4 Å². The van der Waals surface area contributed by atoms with Gasteiger partial charge in [0.25, 0.3) is 0 Å². The number of nitrogens with one attached hydrogen (secondary N) is 10. The summed E-state index contributed by atoms with van der Waals surface area (Å²) < 4.78 is 0. The zero-order chi connectivity index (χ0) is 76.4. The highest BCUT2D eigenvalue weighted by Gasteiger charge is 2.46. The van der Waals surface area contributed by atoms with Gasteiger partial charge in [-0.3, -0.25) is 86.5 Å². The molecule has 0 aliphatic carbocycles. The third-order valence-electron chi connectivity index (χ3n) is 17.4. The Morgan fingerprint density at radius 1 is 0.524 bits per heavy atom. The lowest BCUT2D eigenvalue weighted by Crippen LogP contribution is -2.58. The first-order valence-corrected chi connectivity index (χ1v) is 33.6. The highest BCUT2D eigenvalue weighted by atomic mass is 16.4. The molecular weight excluding hydrogens is 1360 g/mol. The van der Waals surface area contributed by atoms with Gasteiger partial charge < -0.3 is 116 Å². The number of likely N-dealkylation sites (tertiary alicyclic amines) is 4. The summed E-state index contributed by atoms with van der Waals surface area (Å²) in [5.74, 6) is -17.4. The quantitative estimate of drug-likeness (QED) is 0.0166. The summed E-state index contributed by atoms with van der Waals surface area (Å²) in [5, 5.41) is 73.4. The van der Waals surface area contributed by atoms with Gasteiger partial charge in [0.1, 0.15) is 60.4 Å². The number of carbonyl (C=O) groups excluding carboxylic acids is 14. The minimum absolute atomic E-state index is 0.00505. The van der Waals surface area contributed by atoms with E-state index in [2.05, 4.69) is 58.2 Å². The van der Waals surface area contributed by atoms with Crippen molar-refractivity contribution in [3.63, 3.8) is 0 Å². The summed E-state index contributed by atoms with van der Waals surface area (Å²) >= 11 is 0. The van der Waals surface area contributed by atoms with Gasteiger partial charge in [0.15, 0.2) is 5.96 Å². The number of carboxylic acids is 3. The zero-order valence-corrected chi connectivity index (χ0v) is 57.3. The van der Waals surface area contributed by atoms with Crippen molar-refractivity contribution in [2.24, 2.45) is 28.1 Å². The molecule has 4 aliphatic heterocycles. The molecule has 5 rings (SSSR count). The second-order valence-corrected chi connectivity index (χ2v) is 25.6. The van der Waals surface area contributed by atoms with Crippen molar-refractivity contribution < 1.29 is 107 Å². The third-order valence-corrected chi connectivity index (χ3v) is 17.4. The van der Waals surface area contributed by atoms with Gasteiger partial charge in [0, 0.05) is 64.8 Å². The van der Waals surface area contributed by atoms with E-state index in [4.69, 9.17) is 17.2 Å². The Labute approximate surface area is 590 Å². The standard InChI is InChI=1S/C63H94N18O22/c1-32(2)52(59(99)76-38(15-17-50(89)90)54(94)70-28-49(88)79-21-9-14-42(79)61(101)81-31-36(83)24-44(81)57(97)71-29-48(87)78-20-8-13-41(78)58(98)72-33(3)62(102)103)77-47(86)27-68-53(93)37(12-7-19-67-63(65)66)75-55(95)39(16-18-51(91)92)73-46(85)26-69-56(96)43-23-35(82)30-80(43)60(100)40(74-45(84)25-64)22-34-10-5-4-6-11-34/h4-6,10-11,32-33,35-44,52,82-83H,7-9,12-31,64H2,1-3H3,(H,68,93)(H,69,96)(H,70,94)(H,71,97)(H,72,98)(H,73,85)(H,74,84)(H,75,95)(H,76,99)(H,77,86)(H,89,90)(H,91,92)(H,102,103)(H4,65,66,67)/t33-,35+,36+,37-,38-,39-,40-,41-,42-,43-,44-,52-/m0/s1. The number of carbonyl (C=O) groups is 17. The number of hydrogen-bond acceptors (Lipinski definition) is 21. The average molecular weight is 1460 g/mol. The van der Waals surface area contributed by atoms with Crippen molar-refractivity contribution in [1.29, 1.82) is 0 Å². The normalized spacial score (nSPS) is 20.1. The molecule has 4 saturated heterocycles. The van der Waals surface area contributed by atoms with E-state index in [1.807, 2.05) is 0 Å². The molecule has 1 aromatic carbocycles. The SMILES string of the molecule is CC(C)[C@H](NC(=O)CNC(=O)[C@H](CCCN=C(N)N)NC(=O)[C@H](CCC(=O)O)NC(=O)CNC(=O)[C@@H]1C[C@@H](O)CN1C(=O)[C@H](Cc1ccccc1)NC(=O)CN)C(=O)N[C@@H](CCC(=O)O)C(=O)NCC(=O)N1CCC[C@H]1C(=O)N1C[C@H](O)C[C@H]1C(=O)NCC(=O)N1CCC[C@H]1C(=O)N[C@@H](C)C(=O)O. The number of aliphatic imine (C=N–C) groups is 1. The number of benzene rings is 1. The molecule has 40 heteroatoms. The number of β-amino-alcohol motifs (C(OH)–C–C–N with tert-alkyl or cyclic N) is 2. The van der Waals surface area contributed by atoms with Crippen LogP contribution in [-0.4, -0.2) is 290 Å². The Balaban J connectivity index is 1.17. The van der Waals surface area contributed by atoms with E-state index in [-0.39, 0.29) is 83.6 Å². The van der Waals surface area contributed by atoms with Gasteiger partial charge >= 0.3 is 17.9 Å². The van der Waals surface area contributed by atoms with Crippen molar-refractivity contribution in [2.75, 3.05) is 65.4 Å². The number of nitrogens with zero attached hydrogens (tertiary/aromatic N) is 5. The van der Waals surface area contributed by atoms with Crippen LogP contribution in [0, 0.1) is 5.92 Å².